The minimum Gasteiger partial charge on any atom is -0.325 e. The number of thiophene rings is 1. The summed E-state index contributed by atoms with van der Waals surface area (Å²) < 4.78 is 13.8. The number of nitrogens with one attached hydrogen (secondary N) is 2. The van der Waals surface area contributed by atoms with Crippen molar-refractivity contribution in [2.45, 2.75) is 19.9 Å². The number of rotatable bonds is 7. The Kier molecular flexibility index (Phi) is 5.75. The fourth-order valence-electron chi connectivity index (χ4n) is 2.71. The van der Waals surface area contributed by atoms with E-state index < -0.39 is 5.82 Å². The molecule has 2 aromatic heterocycles. The van der Waals surface area contributed by atoms with Gasteiger partial charge in [-0.05, 0) is 42.6 Å². The Balaban J connectivity index is 1.69. The summed E-state index contributed by atoms with van der Waals surface area (Å²) in [5, 5.41) is 4.51. The minimum absolute atomic E-state index is 0.121. The molecule has 0 saturated carbocycles. The molecule has 8 heteroatoms. The van der Waals surface area contributed by atoms with E-state index in [-0.39, 0.29) is 18.0 Å². The highest BCUT2D eigenvalue weighted by atomic mass is 32.1. The fraction of sp³-hybridized carbons (Fsp3) is 0.278. The number of benzene rings is 1. The Labute approximate surface area is 153 Å². The smallest absolute Gasteiger partial charge is 0.268 e. The van der Waals surface area contributed by atoms with Crippen LogP contribution in [0.2, 0.25) is 0 Å². The van der Waals surface area contributed by atoms with E-state index in [4.69, 9.17) is 0 Å². The molecule has 0 aliphatic carbocycles. The van der Waals surface area contributed by atoms with Gasteiger partial charge < -0.3 is 10.3 Å². The van der Waals surface area contributed by atoms with Gasteiger partial charge in [-0.3, -0.25) is 14.5 Å². The number of anilines is 1. The Morgan fingerprint density at radius 3 is 3.00 bits per heavy atom. The Morgan fingerprint density at radius 2 is 2.23 bits per heavy atom. The summed E-state index contributed by atoms with van der Waals surface area (Å²) in [7, 11) is 0. The van der Waals surface area contributed by atoms with Crippen LogP contribution in [0.4, 0.5) is 10.1 Å². The van der Waals surface area contributed by atoms with Crippen LogP contribution in [0.5, 0.6) is 0 Å². The van der Waals surface area contributed by atoms with E-state index in [1.807, 2.05) is 17.2 Å². The number of halogens is 1. The van der Waals surface area contributed by atoms with E-state index >= 15 is 0 Å². The lowest BCUT2D eigenvalue weighted by Crippen LogP contribution is -2.34. The Bertz CT molecular complexity index is 969. The molecule has 1 aromatic carbocycles. The molecule has 6 nitrogen and oxygen atoms in total. The molecular formula is C18H19FN4O2S. The van der Waals surface area contributed by atoms with Crippen LogP contribution in [-0.2, 0) is 11.3 Å². The number of hydrogen-bond donors (Lipinski definition) is 2. The highest BCUT2D eigenvalue weighted by Gasteiger charge is 2.14. The molecule has 3 aromatic rings. The van der Waals surface area contributed by atoms with Crippen molar-refractivity contribution in [1.29, 1.82) is 0 Å². The van der Waals surface area contributed by atoms with Crippen LogP contribution in [-0.4, -0.2) is 33.9 Å². The van der Waals surface area contributed by atoms with Crippen molar-refractivity contribution in [2.75, 3.05) is 18.4 Å². The van der Waals surface area contributed by atoms with Crippen molar-refractivity contribution in [1.82, 2.24) is 14.9 Å². The number of aromatic amines is 1. The van der Waals surface area contributed by atoms with E-state index in [1.165, 1.54) is 23.5 Å². The molecule has 0 aliphatic heterocycles. The maximum Gasteiger partial charge on any atom is 0.268 e. The topological polar surface area (TPSA) is 78.1 Å². The fourth-order valence-corrected chi connectivity index (χ4v) is 3.43. The summed E-state index contributed by atoms with van der Waals surface area (Å²) in [6.07, 6.45) is 0.845. The van der Waals surface area contributed by atoms with Gasteiger partial charge in [-0.25, -0.2) is 9.37 Å². The van der Waals surface area contributed by atoms with Gasteiger partial charge in [0.15, 0.2) is 0 Å². The van der Waals surface area contributed by atoms with Crippen molar-refractivity contribution >= 4 is 33.1 Å². The standard InChI is InChI=1S/C18H19FN4O2S/c1-2-7-23(11-16(24)20-13-5-3-4-12(19)9-13)10-15-21-14-6-8-26-17(14)18(25)22-15/h3-6,8-9H,2,7,10-11H2,1H3,(H,20,24)(H,21,22,25). The summed E-state index contributed by atoms with van der Waals surface area (Å²) in [6.45, 7) is 3.15. The third-order valence-electron chi connectivity index (χ3n) is 3.75. The number of amides is 1. The summed E-state index contributed by atoms with van der Waals surface area (Å²) in [5.74, 6) is -0.130. The van der Waals surface area contributed by atoms with Crippen LogP contribution in [0.1, 0.15) is 19.2 Å². The zero-order chi connectivity index (χ0) is 18.5. The lowest BCUT2D eigenvalue weighted by atomic mass is 10.3. The molecule has 0 bridgehead atoms. The number of fused-ring (bicyclic) bond motifs is 1. The molecule has 2 heterocycles. The zero-order valence-corrected chi connectivity index (χ0v) is 15.1. The lowest BCUT2D eigenvalue weighted by Gasteiger charge is -2.20. The second-order valence-electron chi connectivity index (χ2n) is 5.92. The first-order valence-corrected chi connectivity index (χ1v) is 9.17. The zero-order valence-electron chi connectivity index (χ0n) is 14.3. The van der Waals surface area contributed by atoms with Crippen LogP contribution in [0, 0.1) is 5.82 Å². The van der Waals surface area contributed by atoms with E-state index in [9.17, 15) is 14.0 Å². The number of H-pyrrole nitrogens is 1. The maximum atomic E-state index is 13.2. The highest BCUT2D eigenvalue weighted by Crippen LogP contribution is 2.14. The SMILES string of the molecule is CCCN(CC(=O)Nc1cccc(F)c1)Cc1nc2ccsc2c(=O)[nH]1. The first-order chi connectivity index (χ1) is 12.5. The van der Waals surface area contributed by atoms with Crippen LogP contribution in [0.25, 0.3) is 10.2 Å². The number of carbonyl (C=O) groups is 1. The summed E-state index contributed by atoms with van der Waals surface area (Å²) >= 11 is 1.35. The largest absolute Gasteiger partial charge is 0.325 e. The Hall–Kier alpha value is -2.58. The number of hydrogen-bond acceptors (Lipinski definition) is 5. The molecular weight excluding hydrogens is 355 g/mol. The first kappa shape index (κ1) is 18.2. The molecule has 0 aliphatic rings. The van der Waals surface area contributed by atoms with Crippen molar-refractivity contribution in [2.24, 2.45) is 0 Å². The molecule has 1 amide bonds. The van der Waals surface area contributed by atoms with Crippen molar-refractivity contribution < 1.29 is 9.18 Å². The molecule has 0 radical (unpaired) electrons. The van der Waals surface area contributed by atoms with Gasteiger partial charge in [0.25, 0.3) is 5.56 Å². The number of nitrogens with zero attached hydrogens (tertiary/aromatic N) is 2. The molecule has 3 rings (SSSR count). The number of carbonyl (C=O) groups excluding carboxylic acids is 1. The van der Waals surface area contributed by atoms with Gasteiger partial charge in [-0.1, -0.05) is 13.0 Å². The average molecular weight is 374 g/mol. The van der Waals surface area contributed by atoms with Crippen molar-refractivity contribution in [3.63, 3.8) is 0 Å². The van der Waals surface area contributed by atoms with E-state index in [2.05, 4.69) is 15.3 Å². The van der Waals surface area contributed by atoms with Crippen LogP contribution in [0.3, 0.4) is 0 Å². The monoisotopic (exact) mass is 374 g/mol. The van der Waals surface area contributed by atoms with Gasteiger partial charge in [-0.2, -0.15) is 0 Å². The van der Waals surface area contributed by atoms with Crippen molar-refractivity contribution in [3.8, 4) is 0 Å². The minimum atomic E-state index is -0.404. The van der Waals surface area contributed by atoms with Gasteiger partial charge in [0.2, 0.25) is 5.91 Å². The first-order valence-electron chi connectivity index (χ1n) is 8.29. The van der Waals surface area contributed by atoms with Crippen LogP contribution >= 0.6 is 11.3 Å². The van der Waals surface area contributed by atoms with E-state index in [1.54, 1.807) is 18.2 Å². The van der Waals surface area contributed by atoms with Crippen molar-refractivity contribution in [3.05, 3.63) is 57.7 Å². The van der Waals surface area contributed by atoms with Gasteiger partial charge in [0.05, 0.1) is 18.6 Å². The quantitative estimate of drug-likeness (QED) is 0.666. The van der Waals surface area contributed by atoms with Gasteiger partial charge in [0.1, 0.15) is 16.3 Å². The molecule has 0 fully saturated rings. The summed E-state index contributed by atoms with van der Waals surface area (Å²) in [6, 6.07) is 7.57. The second-order valence-corrected chi connectivity index (χ2v) is 6.83. The molecule has 2 N–H and O–H groups in total. The third-order valence-corrected chi connectivity index (χ3v) is 4.66. The van der Waals surface area contributed by atoms with E-state index in [0.717, 1.165) is 6.42 Å². The average Bonchev–Trinajstić information content (AvgIpc) is 3.04. The molecule has 0 spiro atoms. The highest BCUT2D eigenvalue weighted by molar-refractivity contribution is 7.17. The van der Waals surface area contributed by atoms with Crippen LogP contribution in [0.15, 0.2) is 40.5 Å². The summed E-state index contributed by atoms with van der Waals surface area (Å²) in [5.41, 5.74) is 0.910. The van der Waals surface area contributed by atoms with Gasteiger partial charge >= 0.3 is 0 Å². The molecule has 136 valence electrons. The normalized spacial score (nSPS) is 11.2. The predicted octanol–water partition coefficient (Wildman–Crippen LogP) is 2.97. The molecule has 0 unspecified atom stereocenters. The third kappa shape index (κ3) is 4.53. The van der Waals surface area contributed by atoms with E-state index in [0.29, 0.717) is 34.8 Å². The molecule has 0 atom stereocenters. The number of aromatic nitrogens is 2. The van der Waals surface area contributed by atoms with Gasteiger partial charge in [0, 0.05) is 5.69 Å². The molecule has 0 saturated heterocycles. The Morgan fingerprint density at radius 1 is 1.38 bits per heavy atom. The van der Waals surface area contributed by atoms with Gasteiger partial charge in [-0.15, -0.1) is 11.3 Å². The van der Waals surface area contributed by atoms with Crippen LogP contribution < -0.4 is 10.9 Å². The second kappa shape index (κ2) is 8.20. The predicted molar refractivity (Wildman–Crippen MR) is 101 cm³/mol. The summed E-state index contributed by atoms with van der Waals surface area (Å²) in [4.78, 5) is 33.5. The maximum absolute atomic E-state index is 13.2. The molecule has 26 heavy (non-hydrogen) atoms. The lowest BCUT2D eigenvalue weighted by molar-refractivity contribution is -0.117.